The van der Waals surface area contributed by atoms with Crippen LogP contribution in [-0.2, 0) is 9.59 Å². The van der Waals surface area contributed by atoms with Crippen LogP contribution in [0.4, 0.5) is 11.4 Å². The largest absolute Gasteiger partial charge is 0.354 e. The van der Waals surface area contributed by atoms with Crippen molar-refractivity contribution >= 4 is 45.6 Å². The number of hydrazone groups is 1. The molecule has 0 aliphatic carbocycles. The minimum Gasteiger partial charge on any atom is -0.354 e. The molecule has 3 N–H and O–H groups in total. The van der Waals surface area contributed by atoms with Gasteiger partial charge in [-0.1, -0.05) is 43.3 Å². The zero-order valence-corrected chi connectivity index (χ0v) is 21.5. The summed E-state index contributed by atoms with van der Waals surface area (Å²) >= 11 is 1.64. The maximum atomic E-state index is 12.7. The van der Waals surface area contributed by atoms with Gasteiger partial charge in [0.05, 0.1) is 17.0 Å². The molecule has 2 aromatic rings. The van der Waals surface area contributed by atoms with E-state index in [9.17, 15) is 9.59 Å². The number of nitrogens with one attached hydrogen (secondary N) is 3. The molecular formula is C28H31N5O2S. The molecule has 0 bridgehead atoms. The number of hydrogen-bond acceptors (Lipinski definition) is 6. The molecule has 0 radical (unpaired) electrons. The number of benzene rings is 2. The number of thioether (sulfide) groups is 1. The van der Waals surface area contributed by atoms with E-state index >= 15 is 0 Å². The van der Waals surface area contributed by atoms with Crippen molar-refractivity contribution in [1.29, 1.82) is 0 Å². The molecular weight excluding hydrogens is 470 g/mol. The molecule has 0 aromatic heterocycles. The topological polar surface area (TPSA) is 85.8 Å². The number of amides is 2. The van der Waals surface area contributed by atoms with Crippen molar-refractivity contribution in [1.82, 2.24) is 10.3 Å². The first kappa shape index (κ1) is 24.3. The van der Waals surface area contributed by atoms with E-state index in [2.05, 4.69) is 46.1 Å². The minimum absolute atomic E-state index is 0.0760. The van der Waals surface area contributed by atoms with Crippen LogP contribution in [0.3, 0.4) is 0 Å². The smallest absolute Gasteiger partial charge is 0.275 e. The fourth-order valence-corrected chi connectivity index (χ4v) is 5.71. The van der Waals surface area contributed by atoms with Crippen molar-refractivity contribution in [2.24, 2.45) is 11.0 Å². The number of anilines is 2. The van der Waals surface area contributed by atoms with Crippen LogP contribution in [0.15, 0.2) is 75.9 Å². The van der Waals surface area contributed by atoms with Gasteiger partial charge < -0.3 is 15.5 Å². The Balaban J connectivity index is 1.36. The third kappa shape index (κ3) is 5.24. The first-order valence-electron chi connectivity index (χ1n) is 12.5. The Morgan fingerprint density at radius 3 is 2.64 bits per heavy atom. The lowest BCUT2D eigenvalue weighted by molar-refractivity contribution is -0.121. The molecule has 7 nitrogen and oxygen atoms in total. The average molecular weight is 502 g/mol. The molecule has 3 aliphatic rings. The molecule has 1 fully saturated rings. The van der Waals surface area contributed by atoms with E-state index in [1.54, 1.807) is 11.8 Å². The third-order valence-electron chi connectivity index (χ3n) is 6.74. The van der Waals surface area contributed by atoms with E-state index in [-0.39, 0.29) is 17.7 Å². The number of carbonyl (C=O) groups is 2. The minimum atomic E-state index is -0.175. The van der Waals surface area contributed by atoms with Gasteiger partial charge in [-0.3, -0.25) is 9.59 Å². The third-order valence-corrected chi connectivity index (χ3v) is 7.81. The molecule has 0 spiro atoms. The lowest BCUT2D eigenvalue weighted by Crippen LogP contribution is -2.35. The number of piperidine rings is 1. The molecule has 0 atom stereocenters. The van der Waals surface area contributed by atoms with Crippen molar-refractivity contribution in [2.75, 3.05) is 30.8 Å². The normalized spacial score (nSPS) is 20.2. The Hall–Kier alpha value is -3.36. The summed E-state index contributed by atoms with van der Waals surface area (Å²) in [5.74, 6) is 0.00631. The fourth-order valence-electron chi connectivity index (χ4n) is 4.72. The predicted octanol–water partition coefficient (Wildman–Crippen LogP) is 5.07. The molecule has 186 valence electrons. The summed E-state index contributed by atoms with van der Waals surface area (Å²) in [4.78, 5) is 29.6. The Morgan fingerprint density at radius 1 is 1.14 bits per heavy atom. The van der Waals surface area contributed by atoms with Crippen molar-refractivity contribution < 1.29 is 9.59 Å². The van der Waals surface area contributed by atoms with Gasteiger partial charge in [-0.05, 0) is 75.8 Å². The molecule has 2 amide bonds. The lowest BCUT2D eigenvalue weighted by Gasteiger charge is -2.28. The number of para-hydroxylation sites is 1. The van der Waals surface area contributed by atoms with Crippen LogP contribution < -0.4 is 16.1 Å². The van der Waals surface area contributed by atoms with Crippen LogP contribution in [-0.4, -0.2) is 42.6 Å². The van der Waals surface area contributed by atoms with Crippen LogP contribution in [0.25, 0.3) is 4.91 Å². The van der Waals surface area contributed by atoms with Crippen LogP contribution in [0, 0.1) is 5.92 Å². The molecule has 5 rings (SSSR count). The summed E-state index contributed by atoms with van der Waals surface area (Å²) in [7, 11) is 2.10. The zero-order valence-electron chi connectivity index (χ0n) is 20.6. The van der Waals surface area contributed by atoms with Gasteiger partial charge in [0, 0.05) is 32.7 Å². The number of rotatable bonds is 6. The van der Waals surface area contributed by atoms with Gasteiger partial charge in [0.15, 0.2) is 0 Å². The molecule has 3 heterocycles. The first-order chi connectivity index (χ1) is 17.5. The van der Waals surface area contributed by atoms with Crippen molar-refractivity contribution in [2.45, 2.75) is 37.5 Å². The second-order valence-corrected chi connectivity index (χ2v) is 10.5. The number of likely N-dealkylation sites (tertiary alicyclic amines) is 1. The highest BCUT2D eigenvalue weighted by molar-refractivity contribution is 8.08. The quantitative estimate of drug-likeness (QED) is 0.482. The second kappa shape index (κ2) is 10.7. The Morgan fingerprint density at radius 2 is 1.89 bits per heavy atom. The second-order valence-electron chi connectivity index (χ2n) is 9.41. The lowest BCUT2D eigenvalue weighted by atomic mass is 9.96. The van der Waals surface area contributed by atoms with E-state index in [0.29, 0.717) is 5.57 Å². The van der Waals surface area contributed by atoms with Crippen molar-refractivity contribution in [3.63, 3.8) is 0 Å². The molecule has 0 unspecified atom stereocenters. The van der Waals surface area contributed by atoms with E-state index in [4.69, 9.17) is 0 Å². The number of allylic oxidation sites excluding steroid dienone is 1. The van der Waals surface area contributed by atoms with Gasteiger partial charge in [-0.15, -0.1) is 0 Å². The average Bonchev–Trinajstić information content (AvgIpc) is 3.25. The molecule has 3 aliphatic heterocycles. The van der Waals surface area contributed by atoms with Gasteiger partial charge >= 0.3 is 0 Å². The van der Waals surface area contributed by atoms with Crippen LogP contribution >= 0.6 is 11.8 Å². The summed E-state index contributed by atoms with van der Waals surface area (Å²) in [5, 5.41) is 10.8. The van der Waals surface area contributed by atoms with Gasteiger partial charge in [0.1, 0.15) is 0 Å². The van der Waals surface area contributed by atoms with Crippen molar-refractivity contribution in [3.8, 4) is 0 Å². The maximum Gasteiger partial charge on any atom is 0.275 e. The summed E-state index contributed by atoms with van der Waals surface area (Å²) < 4.78 is 0. The summed E-state index contributed by atoms with van der Waals surface area (Å²) in [6, 6.07) is 16.1. The molecule has 0 saturated carbocycles. The summed E-state index contributed by atoms with van der Waals surface area (Å²) in [5.41, 5.74) is 7.63. The van der Waals surface area contributed by atoms with Crippen molar-refractivity contribution in [3.05, 3.63) is 71.4 Å². The van der Waals surface area contributed by atoms with Crippen LogP contribution in [0.5, 0.6) is 0 Å². The standard InChI is InChI=1S/C28H31N5O2S/c1-3-6-23-26(28(35)32-31-23)24-17-25(21-7-4-5-8-22(21)30-24)36-20-11-9-19(10-12-20)29-27(34)18-13-15-33(2)16-14-18/h4-5,7-12,17-18,30H,3,6,13-16H2,1-2H3,(H,29,34)(H,32,35). The van der Waals surface area contributed by atoms with Gasteiger partial charge in [-0.25, -0.2) is 5.43 Å². The fraction of sp³-hybridized carbons (Fsp3) is 0.321. The van der Waals surface area contributed by atoms with E-state index < -0.39 is 0 Å². The molecule has 8 heteroatoms. The van der Waals surface area contributed by atoms with Gasteiger partial charge in [-0.2, -0.15) is 5.10 Å². The number of fused-ring (bicyclic) bond motifs is 1. The Labute approximate surface area is 216 Å². The summed E-state index contributed by atoms with van der Waals surface area (Å²) in [6.07, 6.45) is 5.49. The Kier molecular flexibility index (Phi) is 7.25. The maximum absolute atomic E-state index is 12.7. The number of hydrogen-bond donors (Lipinski definition) is 3. The predicted molar refractivity (Wildman–Crippen MR) is 147 cm³/mol. The monoisotopic (exact) mass is 501 g/mol. The zero-order chi connectivity index (χ0) is 25.1. The SMILES string of the molecule is CCCC1=NNC(=O)C1=C1C=C(Sc2ccc(NC(=O)C3CCN(C)CC3)cc2)c2ccccc2N1. The van der Waals surface area contributed by atoms with E-state index in [1.165, 1.54) is 0 Å². The van der Waals surface area contributed by atoms with E-state index in [0.717, 1.165) is 76.9 Å². The summed E-state index contributed by atoms with van der Waals surface area (Å²) in [6.45, 7) is 4.00. The molecule has 2 aromatic carbocycles. The molecule has 1 saturated heterocycles. The highest BCUT2D eigenvalue weighted by atomic mass is 32.2. The van der Waals surface area contributed by atoms with Crippen LogP contribution in [0.2, 0.25) is 0 Å². The van der Waals surface area contributed by atoms with Gasteiger partial charge in [0.2, 0.25) is 5.91 Å². The first-order valence-corrected chi connectivity index (χ1v) is 13.3. The molecule has 36 heavy (non-hydrogen) atoms. The Bertz CT molecular complexity index is 1260. The highest BCUT2D eigenvalue weighted by Gasteiger charge is 2.28. The highest BCUT2D eigenvalue weighted by Crippen LogP contribution is 2.42. The van der Waals surface area contributed by atoms with Gasteiger partial charge in [0.25, 0.3) is 5.91 Å². The van der Waals surface area contributed by atoms with E-state index in [1.807, 2.05) is 48.5 Å². The van der Waals surface area contributed by atoms with Crippen LogP contribution in [0.1, 0.15) is 38.2 Å². The number of nitrogens with zero attached hydrogens (tertiary/aromatic N) is 2. The number of carbonyl (C=O) groups excluding carboxylic acids is 2.